The first-order valence-electron chi connectivity index (χ1n) is 9.76. The molecule has 0 bridgehead atoms. The molecule has 1 saturated heterocycles. The number of halogens is 3. The molecule has 4 rings (SSSR count). The van der Waals surface area contributed by atoms with E-state index < -0.39 is 33.3 Å². The Morgan fingerprint density at radius 3 is 2.27 bits per heavy atom. The molecule has 0 atom stereocenters. The summed E-state index contributed by atoms with van der Waals surface area (Å²) in [5.74, 6) is -3.66. The van der Waals surface area contributed by atoms with Gasteiger partial charge < -0.3 is 9.80 Å². The number of likely N-dealkylation sites (N-methyl/N-ethyl adjacent to an activating group) is 1. The maximum atomic E-state index is 14.5. The second kappa shape index (κ2) is 8.09. The van der Waals surface area contributed by atoms with Crippen LogP contribution >= 0.6 is 0 Å². The Morgan fingerprint density at radius 1 is 0.900 bits per heavy atom. The smallest absolute Gasteiger partial charge is 0.305 e. The van der Waals surface area contributed by atoms with E-state index in [9.17, 15) is 21.6 Å². The summed E-state index contributed by atoms with van der Waals surface area (Å²) in [5, 5.41) is 0. The Bertz CT molecular complexity index is 1030. The van der Waals surface area contributed by atoms with Crippen LogP contribution in [0.3, 0.4) is 0 Å². The molecule has 0 spiro atoms. The van der Waals surface area contributed by atoms with Gasteiger partial charge >= 0.3 is 10.2 Å². The third-order valence-corrected chi connectivity index (χ3v) is 7.27. The molecule has 2 aromatic rings. The van der Waals surface area contributed by atoms with E-state index >= 15 is 0 Å². The number of fused-ring (bicyclic) bond motifs is 1. The SMILES string of the molecule is CN1CCCN(CCN2c3ccccc3N(c3c(F)cc(F)cc3F)S2(=O)=O)CC1. The van der Waals surface area contributed by atoms with Crippen LogP contribution < -0.4 is 8.61 Å². The zero-order valence-electron chi connectivity index (χ0n) is 16.6. The van der Waals surface area contributed by atoms with Crippen molar-refractivity contribution in [2.45, 2.75) is 6.42 Å². The molecule has 0 saturated carbocycles. The molecule has 162 valence electrons. The van der Waals surface area contributed by atoms with E-state index in [1.165, 1.54) is 10.4 Å². The molecule has 0 aromatic heterocycles. The Labute approximate surface area is 174 Å². The highest BCUT2D eigenvalue weighted by Crippen LogP contribution is 2.46. The third kappa shape index (κ3) is 3.75. The second-order valence-electron chi connectivity index (χ2n) is 7.55. The van der Waals surface area contributed by atoms with Crippen LogP contribution in [0, 0.1) is 17.5 Å². The van der Waals surface area contributed by atoms with Crippen LogP contribution in [0.15, 0.2) is 36.4 Å². The highest BCUT2D eigenvalue weighted by Gasteiger charge is 2.43. The van der Waals surface area contributed by atoms with Crippen LogP contribution in [-0.4, -0.2) is 64.5 Å². The number of nitrogens with zero attached hydrogens (tertiary/aromatic N) is 4. The molecule has 2 aliphatic rings. The van der Waals surface area contributed by atoms with Gasteiger partial charge in [-0.15, -0.1) is 0 Å². The summed E-state index contributed by atoms with van der Waals surface area (Å²) in [5.41, 5.74) is -0.326. The average molecular weight is 440 g/mol. The first kappa shape index (κ1) is 21.0. The summed E-state index contributed by atoms with van der Waals surface area (Å²) in [7, 11) is -2.24. The van der Waals surface area contributed by atoms with Gasteiger partial charge in [-0.2, -0.15) is 8.42 Å². The maximum absolute atomic E-state index is 14.5. The van der Waals surface area contributed by atoms with Gasteiger partial charge in [-0.25, -0.2) is 21.8 Å². The van der Waals surface area contributed by atoms with E-state index in [-0.39, 0.29) is 12.2 Å². The minimum atomic E-state index is -4.29. The van der Waals surface area contributed by atoms with Gasteiger partial charge in [0, 0.05) is 38.3 Å². The van der Waals surface area contributed by atoms with Crippen LogP contribution in [0.5, 0.6) is 0 Å². The Balaban J connectivity index is 1.67. The lowest BCUT2D eigenvalue weighted by atomic mass is 10.2. The van der Waals surface area contributed by atoms with Crippen LogP contribution in [0.2, 0.25) is 0 Å². The predicted octanol–water partition coefficient (Wildman–Crippen LogP) is 2.94. The monoisotopic (exact) mass is 440 g/mol. The molecule has 1 fully saturated rings. The maximum Gasteiger partial charge on any atom is 0.331 e. The van der Waals surface area contributed by atoms with E-state index in [4.69, 9.17) is 0 Å². The largest absolute Gasteiger partial charge is 0.331 e. The van der Waals surface area contributed by atoms with Gasteiger partial charge in [0.2, 0.25) is 0 Å². The molecule has 2 aromatic carbocycles. The Kier molecular flexibility index (Phi) is 5.65. The first-order chi connectivity index (χ1) is 14.3. The van der Waals surface area contributed by atoms with Gasteiger partial charge in [-0.05, 0) is 38.7 Å². The van der Waals surface area contributed by atoms with Gasteiger partial charge in [-0.3, -0.25) is 0 Å². The number of anilines is 3. The number of para-hydroxylation sites is 2. The lowest BCUT2D eigenvalue weighted by molar-refractivity contribution is 0.283. The molecule has 2 aliphatic heterocycles. The minimum absolute atomic E-state index is 0.137. The van der Waals surface area contributed by atoms with Gasteiger partial charge in [0.05, 0.1) is 11.4 Å². The molecule has 30 heavy (non-hydrogen) atoms. The van der Waals surface area contributed by atoms with Crippen LogP contribution in [0.1, 0.15) is 6.42 Å². The molecule has 6 nitrogen and oxygen atoms in total. The highest BCUT2D eigenvalue weighted by molar-refractivity contribution is 7.95. The second-order valence-corrected chi connectivity index (χ2v) is 9.25. The Morgan fingerprint density at radius 2 is 1.57 bits per heavy atom. The van der Waals surface area contributed by atoms with Gasteiger partial charge in [0.15, 0.2) is 11.6 Å². The van der Waals surface area contributed by atoms with Crippen molar-refractivity contribution < 1.29 is 21.6 Å². The predicted molar refractivity (Wildman–Crippen MR) is 110 cm³/mol. The first-order valence-corrected chi connectivity index (χ1v) is 11.2. The summed E-state index contributed by atoms with van der Waals surface area (Å²) >= 11 is 0. The molecular weight excluding hydrogens is 417 g/mol. The van der Waals surface area contributed by atoms with E-state index in [1.807, 2.05) is 7.05 Å². The van der Waals surface area contributed by atoms with Crippen molar-refractivity contribution in [2.24, 2.45) is 0 Å². The topological polar surface area (TPSA) is 47.1 Å². The van der Waals surface area contributed by atoms with Crippen LogP contribution in [0.4, 0.5) is 30.2 Å². The van der Waals surface area contributed by atoms with Crippen molar-refractivity contribution >= 4 is 27.3 Å². The zero-order valence-corrected chi connectivity index (χ0v) is 17.4. The van der Waals surface area contributed by atoms with E-state index in [2.05, 4.69) is 9.80 Å². The van der Waals surface area contributed by atoms with Crippen molar-refractivity contribution in [1.29, 1.82) is 0 Å². The quantitative estimate of drug-likeness (QED) is 0.734. The van der Waals surface area contributed by atoms with Gasteiger partial charge in [0.25, 0.3) is 0 Å². The number of rotatable bonds is 4. The number of benzene rings is 2. The lowest BCUT2D eigenvalue weighted by Gasteiger charge is -2.26. The lowest BCUT2D eigenvalue weighted by Crippen LogP contribution is -2.41. The van der Waals surface area contributed by atoms with Crippen molar-refractivity contribution in [3.05, 3.63) is 53.8 Å². The van der Waals surface area contributed by atoms with Crippen molar-refractivity contribution in [3.8, 4) is 0 Å². The van der Waals surface area contributed by atoms with Crippen LogP contribution in [-0.2, 0) is 10.2 Å². The fraction of sp³-hybridized carbons (Fsp3) is 0.400. The highest BCUT2D eigenvalue weighted by atomic mass is 32.2. The summed E-state index contributed by atoms with van der Waals surface area (Å²) in [4.78, 5) is 4.41. The molecule has 0 unspecified atom stereocenters. The molecular formula is C20H23F3N4O2S. The van der Waals surface area contributed by atoms with E-state index in [1.54, 1.807) is 18.2 Å². The molecule has 10 heteroatoms. The minimum Gasteiger partial charge on any atom is -0.305 e. The standard InChI is InChI=1S/C20H23F3N4O2S/c1-24-7-4-8-25(10-9-24)11-12-26-18-5-2-3-6-19(18)27(30(26,28)29)20-16(22)13-15(21)14-17(20)23/h2-3,5-6,13-14H,4,7-12H2,1H3. The van der Waals surface area contributed by atoms with Crippen molar-refractivity contribution in [2.75, 3.05) is 54.9 Å². The summed E-state index contributed by atoms with van der Waals surface area (Å²) in [6.45, 7) is 4.18. The third-order valence-electron chi connectivity index (χ3n) is 5.49. The number of hydrogen-bond acceptors (Lipinski definition) is 4. The fourth-order valence-corrected chi connectivity index (χ4v) is 5.67. The molecule has 0 N–H and O–H groups in total. The van der Waals surface area contributed by atoms with E-state index in [0.29, 0.717) is 28.7 Å². The van der Waals surface area contributed by atoms with Crippen molar-refractivity contribution in [1.82, 2.24) is 9.80 Å². The molecule has 0 aliphatic carbocycles. The van der Waals surface area contributed by atoms with Gasteiger partial charge in [-0.1, -0.05) is 12.1 Å². The molecule has 0 amide bonds. The summed E-state index contributed by atoms with van der Waals surface area (Å²) in [6, 6.07) is 7.30. The van der Waals surface area contributed by atoms with Gasteiger partial charge in [0.1, 0.15) is 11.5 Å². The average Bonchev–Trinajstić information content (AvgIpc) is 2.79. The normalized spacial score (nSPS) is 19.7. The van der Waals surface area contributed by atoms with E-state index in [0.717, 1.165) is 32.6 Å². The summed E-state index contributed by atoms with van der Waals surface area (Å²) in [6.07, 6.45) is 0.984. The zero-order chi connectivity index (χ0) is 21.5. The number of hydrogen-bond donors (Lipinski definition) is 0. The Hall–Kier alpha value is -2.30. The summed E-state index contributed by atoms with van der Waals surface area (Å²) < 4.78 is 70.8. The molecule has 0 radical (unpaired) electrons. The molecule has 2 heterocycles. The van der Waals surface area contributed by atoms with Crippen LogP contribution in [0.25, 0.3) is 0 Å². The van der Waals surface area contributed by atoms with Crippen molar-refractivity contribution in [3.63, 3.8) is 0 Å². The fourth-order valence-electron chi connectivity index (χ4n) is 3.95.